The Kier molecular flexibility index (Phi) is 5.26. The van der Waals surface area contributed by atoms with Gasteiger partial charge in [-0.3, -0.25) is 0 Å². The molecule has 0 radical (unpaired) electrons. The molecule has 0 spiro atoms. The van der Waals surface area contributed by atoms with Crippen molar-refractivity contribution >= 4 is 33.1 Å². The number of sulfonamides is 1. The van der Waals surface area contributed by atoms with Gasteiger partial charge >= 0.3 is 0 Å². The fourth-order valence-electron chi connectivity index (χ4n) is 1.20. The predicted octanol–water partition coefficient (Wildman–Crippen LogP) is 1.27. The predicted molar refractivity (Wildman–Crippen MR) is 68.4 cm³/mol. The molecule has 0 fully saturated rings. The second-order valence-corrected chi connectivity index (χ2v) is 7.00. The SMILES string of the molecule is CSCC(C)NS(=O)(=O)c1csc(CO)c1. The van der Waals surface area contributed by atoms with Crippen LogP contribution in [0.25, 0.3) is 0 Å². The first-order valence-corrected chi connectivity index (χ1v) is 8.45. The van der Waals surface area contributed by atoms with Crippen molar-refractivity contribution in [3.8, 4) is 0 Å². The van der Waals surface area contributed by atoms with Crippen LogP contribution in [0, 0.1) is 0 Å². The molecule has 1 aromatic rings. The maximum absolute atomic E-state index is 11.9. The monoisotopic (exact) mass is 281 g/mol. The maximum atomic E-state index is 11.9. The zero-order chi connectivity index (χ0) is 12.2. The molecule has 1 aromatic heterocycles. The molecule has 1 atom stereocenters. The highest BCUT2D eigenvalue weighted by atomic mass is 32.2. The zero-order valence-corrected chi connectivity index (χ0v) is 11.6. The van der Waals surface area contributed by atoms with E-state index in [2.05, 4.69) is 4.72 Å². The van der Waals surface area contributed by atoms with Gasteiger partial charge in [0.05, 0.1) is 11.5 Å². The third kappa shape index (κ3) is 3.74. The maximum Gasteiger partial charge on any atom is 0.241 e. The van der Waals surface area contributed by atoms with E-state index in [4.69, 9.17) is 5.11 Å². The Hall–Kier alpha value is -0.0800. The van der Waals surface area contributed by atoms with E-state index in [1.165, 1.54) is 17.4 Å². The summed E-state index contributed by atoms with van der Waals surface area (Å²) in [5.74, 6) is 0.732. The molecule has 0 aliphatic carbocycles. The first-order chi connectivity index (χ1) is 7.49. The molecule has 0 aliphatic heterocycles. The van der Waals surface area contributed by atoms with E-state index in [-0.39, 0.29) is 17.5 Å². The largest absolute Gasteiger partial charge is 0.391 e. The highest BCUT2D eigenvalue weighted by Gasteiger charge is 2.18. The standard InChI is InChI=1S/C9H15NO3S3/c1-7(5-14-2)10-16(12,13)9-3-8(4-11)15-6-9/h3,6-7,10-11H,4-5H2,1-2H3. The lowest BCUT2D eigenvalue weighted by Gasteiger charge is -2.11. The van der Waals surface area contributed by atoms with Gasteiger partial charge in [0, 0.05) is 22.1 Å². The summed E-state index contributed by atoms with van der Waals surface area (Å²) in [5.41, 5.74) is 0. The fraction of sp³-hybridized carbons (Fsp3) is 0.556. The minimum Gasteiger partial charge on any atom is -0.391 e. The average molecular weight is 281 g/mol. The van der Waals surface area contributed by atoms with Crippen LogP contribution in [0.2, 0.25) is 0 Å². The summed E-state index contributed by atoms with van der Waals surface area (Å²) in [5, 5.41) is 10.4. The smallest absolute Gasteiger partial charge is 0.241 e. The minimum absolute atomic E-state index is 0.0996. The number of nitrogens with one attached hydrogen (secondary N) is 1. The molecule has 0 bridgehead atoms. The van der Waals surface area contributed by atoms with Crippen molar-refractivity contribution in [2.75, 3.05) is 12.0 Å². The fourth-order valence-corrected chi connectivity index (χ4v) is 4.27. The van der Waals surface area contributed by atoms with Crippen molar-refractivity contribution < 1.29 is 13.5 Å². The van der Waals surface area contributed by atoms with Gasteiger partial charge in [0.15, 0.2) is 0 Å². The van der Waals surface area contributed by atoms with E-state index in [0.29, 0.717) is 4.88 Å². The van der Waals surface area contributed by atoms with Crippen molar-refractivity contribution in [3.63, 3.8) is 0 Å². The van der Waals surface area contributed by atoms with E-state index < -0.39 is 10.0 Å². The summed E-state index contributed by atoms with van der Waals surface area (Å²) >= 11 is 2.83. The molecule has 0 saturated heterocycles. The third-order valence-corrected chi connectivity index (χ3v) is 5.34. The number of thioether (sulfide) groups is 1. The zero-order valence-electron chi connectivity index (χ0n) is 9.13. The van der Waals surface area contributed by atoms with Crippen molar-refractivity contribution in [3.05, 3.63) is 16.3 Å². The number of rotatable bonds is 6. The molecular weight excluding hydrogens is 266 g/mol. The van der Waals surface area contributed by atoms with Crippen LogP contribution >= 0.6 is 23.1 Å². The quantitative estimate of drug-likeness (QED) is 0.824. The van der Waals surface area contributed by atoms with Crippen LogP contribution in [0.3, 0.4) is 0 Å². The molecule has 1 heterocycles. The molecule has 7 heteroatoms. The van der Waals surface area contributed by atoms with E-state index in [9.17, 15) is 8.42 Å². The van der Waals surface area contributed by atoms with Crippen LogP contribution in [0.4, 0.5) is 0 Å². The molecule has 0 aromatic carbocycles. The summed E-state index contributed by atoms with van der Waals surface area (Å²) in [4.78, 5) is 0.882. The van der Waals surface area contributed by atoms with Gasteiger partial charge in [0.2, 0.25) is 10.0 Å². The molecule has 0 saturated carbocycles. The van der Waals surface area contributed by atoms with Gasteiger partial charge in [-0.25, -0.2) is 13.1 Å². The topological polar surface area (TPSA) is 66.4 Å². The van der Waals surface area contributed by atoms with E-state index in [0.717, 1.165) is 5.75 Å². The van der Waals surface area contributed by atoms with Gasteiger partial charge in [0.1, 0.15) is 0 Å². The number of aliphatic hydroxyl groups is 1. The van der Waals surface area contributed by atoms with E-state index in [1.807, 2.05) is 13.2 Å². The summed E-state index contributed by atoms with van der Waals surface area (Å²) in [7, 11) is -3.44. The highest BCUT2D eigenvalue weighted by Crippen LogP contribution is 2.19. The highest BCUT2D eigenvalue weighted by molar-refractivity contribution is 7.98. The Bertz CT molecular complexity index is 427. The summed E-state index contributed by atoms with van der Waals surface area (Å²) in [6, 6.07) is 1.40. The first kappa shape index (κ1) is 14.0. The van der Waals surface area contributed by atoms with Crippen LogP contribution in [-0.2, 0) is 16.6 Å². The molecule has 4 nitrogen and oxygen atoms in total. The molecule has 2 N–H and O–H groups in total. The van der Waals surface area contributed by atoms with Crippen LogP contribution in [0.1, 0.15) is 11.8 Å². The van der Waals surface area contributed by atoms with Gasteiger partial charge < -0.3 is 5.11 Å². The third-order valence-electron chi connectivity index (χ3n) is 1.87. The van der Waals surface area contributed by atoms with Gasteiger partial charge in [-0.1, -0.05) is 0 Å². The number of hydrogen-bond acceptors (Lipinski definition) is 5. The Morgan fingerprint density at radius 1 is 1.62 bits per heavy atom. The van der Waals surface area contributed by atoms with Crippen molar-refractivity contribution in [2.24, 2.45) is 0 Å². The van der Waals surface area contributed by atoms with Crippen LogP contribution in [0.15, 0.2) is 16.3 Å². The summed E-state index contributed by atoms with van der Waals surface area (Å²) in [6.07, 6.45) is 1.93. The van der Waals surface area contributed by atoms with Gasteiger partial charge in [0.25, 0.3) is 0 Å². The first-order valence-electron chi connectivity index (χ1n) is 4.69. The molecule has 16 heavy (non-hydrogen) atoms. The number of hydrogen-bond donors (Lipinski definition) is 2. The minimum atomic E-state index is -3.44. The Balaban J connectivity index is 2.77. The van der Waals surface area contributed by atoms with Crippen molar-refractivity contribution in [1.29, 1.82) is 0 Å². The summed E-state index contributed by atoms with van der Waals surface area (Å²) in [6.45, 7) is 1.70. The Morgan fingerprint density at radius 2 is 2.31 bits per heavy atom. The van der Waals surface area contributed by atoms with Crippen LogP contribution < -0.4 is 4.72 Å². The molecule has 0 aliphatic rings. The van der Waals surface area contributed by atoms with Gasteiger partial charge in [-0.2, -0.15) is 11.8 Å². The van der Waals surface area contributed by atoms with Gasteiger partial charge in [-0.05, 0) is 19.2 Å². The molecule has 1 rings (SSSR count). The van der Waals surface area contributed by atoms with E-state index >= 15 is 0 Å². The van der Waals surface area contributed by atoms with Crippen molar-refractivity contribution in [1.82, 2.24) is 4.72 Å². The lowest BCUT2D eigenvalue weighted by atomic mass is 10.4. The Labute approximate surface area is 104 Å². The lowest BCUT2D eigenvalue weighted by molar-refractivity contribution is 0.285. The molecule has 0 amide bonds. The van der Waals surface area contributed by atoms with Gasteiger partial charge in [-0.15, -0.1) is 11.3 Å². The van der Waals surface area contributed by atoms with Crippen molar-refractivity contribution in [2.45, 2.75) is 24.5 Å². The Morgan fingerprint density at radius 3 is 2.81 bits per heavy atom. The second-order valence-electron chi connectivity index (χ2n) is 3.38. The number of thiophene rings is 1. The average Bonchev–Trinajstić information content (AvgIpc) is 2.65. The van der Waals surface area contributed by atoms with E-state index in [1.54, 1.807) is 17.1 Å². The molecule has 1 unspecified atom stereocenters. The lowest BCUT2D eigenvalue weighted by Crippen LogP contribution is -2.33. The molecule has 92 valence electrons. The van der Waals surface area contributed by atoms with Crippen LogP contribution in [0.5, 0.6) is 0 Å². The molecular formula is C9H15NO3S3. The number of aliphatic hydroxyl groups excluding tert-OH is 1. The summed E-state index contributed by atoms with van der Waals surface area (Å²) < 4.78 is 26.3. The second kappa shape index (κ2) is 6.02. The van der Waals surface area contributed by atoms with Crippen LogP contribution in [-0.4, -0.2) is 31.6 Å². The normalized spacial score (nSPS) is 13.9.